The van der Waals surface area contributed by atoms with E-state index in [4.69, 9.17) is 0 Å². The van der Waals surface area contributed by atoms with Gasteiger partial charge in [0.25, 0.3) is 0 Å². The molecule has 0 N–H and O–H groups in total. The van der Waals surface area contributed by atoms with E-state index in [1.807, 2.05) is 0 Å². The molecule has 0 aliphatic heterocycles. The van der Waals surface area contributed by atoms with E-state index in [0.29, 0.717) is 0 Å². The Balaban J connectivity index is 1.21. The summed E-state index contributed by atoms with van der Waals surface area (Å²) in [6, 6.07) is 75.6. The van der Waals surface area contributed by atoms with Crippen LogP contribution in [0.2, 0.25) is 0 Å². The molecule has 1 nitrogen and oxygen atoms in total. The van der Waals surface area contributed by atoms with Crippen LogP contribution in [0.3, 0.4) is 0 Å². The highest BCUT2D eigenvalue weighted by Crippen LogP contribution is 2.53. The fourth-order valence-electron chi connectivity index (χ4n) is 7.66. The van der Waals surface area contributed by atoms with Crippen LogP contribution in [0.25, 0.3) is 33.4 Å². The third-order valence-electron chi connectivity index (χ3n) is 10.1. The highest BCUT2D eigenvalue weighted by molar-refractivity contribution is 5.89. The topological polar surface area (TPSA) is 3.24 Å². The van der Waals surface area contributed by atoms with E-state index < -0.39 is 5.41 Å². The third kappa shape index (κ3) is 5.58. The molecule has 8 aromatic rings. The van der Waals surface area contributed by atoms with Crippen molar-refractivity contribution in [1.29, 1.82) is 0 Å². The number of fused-ring (bicyclic) bond motifs is 3. The van der Waals surface area contributed by atoms with Gasteiger partial charge in [0, 0.05) is 22.6 Å². The first kappa shape index (κ1) is 31.1. The van der Waals surface area contributed by atoms with Crippen molar-refractivity contribution in [3.8, 4) is 45.2 Å². The Bertz CT molecular complexity index is 2520. The Morgan fingerprint density at radius 3 is 1.58 bits per heavy atom. The Morgan fingerprint density at radius 2 is 0.865 bits per heavy atom. The van der Waals surface area contributed by atoms with Gasteiger partial charge in [0.15, 0.2) is 0 Å². The largest absolute Gasteiger partial charge is 0.310 e. The van der Waals surface area contributed by atoms with Crippen molar-refractivity contribution in [3.63, 3.8) is 0 Å². The molecule has 0 aromatic heterocycles. The number of hydrogen-bond donors (Lipinski definition) is 0. The van der Waals surface area contributed by atoms with Crippen LogP contribution in [0, 0.1) is 11.8 Å². The van der Waals surface area contributed by atoms with Crippen LogP contribution < -0.4 is 4.90 Å². The number of rotatable bonds is 6. The lowest BCUT2D eigenvalue weighted by Crippen LogP contribution is -2.25. The molecule has 0 radical (unpaired) electrons. The van der Waals surface area contributed by atoms with Crippen molar-refractivity contribution < 1.29 is 0 Å². The van der Waals surface area contributed by atoms with E-state index in [2.05, 4.69) is 229 Å². The number of hydrogen-bond acceptors (Lipinski definition) is 1. The Kier molecular flexibility index (Phi) is 8.05. The van der Waals surface area contributed by atoms with E-state index in [-0.39, 0.29) is 0 Å². The van der Waals surface area contributed by atoms with Crippen molar-refractivity contribution >= 4 is 17.1 Å². The van der Waals surface area contributed by atoms with Gasteiger partial charge in [-0.2, -0.15) is 0 Å². The van der Waals surface area contributed by atoms with Crippen LogP contribution in [0.4, 0.5) is 17.1 Å². The molecule has 244 valence electrons. The zero-order chi connectivity index (χ0) is 34.7. The van der Waals surface area contributed by atoms with Gasteiger partial charge in [-0.25, -0.2) is 0 Å². The van der Waals surface area contributed by atoms with Crippen LogP contribution in [0.1, 0.15) is 22.3 Å². The summed E-state index contributed by atoms with van der Waals surface area (Å²) in [5.41, 5.74) is 14.4. The maximum Gasteiger partial charge on any atom is 0.108 e. The normalized spacial score (nSPS) is 14.1. The summed E-state index contributed by atoms with van der Waals surface area (Å²) in [4.78, 5) is 2.32. The van der Waals surface area contributed by atoms with Crippen LogP contribution in [-0.2, 0) is 5.41 Å². The molecule has 0 saturated carbocycles. The zero-order valence-corrected chi connectivity index (χ0v) is 28.7. The Hall–Kier alpha value is -6.88. The van der Waals surface area contributed by atoms with Crippen molar-refractivity contribution in [2.24, 2.45) is 0 Å². The molecule has 0 heterocycles. The fraction of sp³-hybridized carbons (Fsp3) is 0.0196. The van der Waals surface area contributed by atoms with Crippen molar-refractivity contribution in [1.82, 2.24) is 0 Å². The van der Waals surface area contributed by atoms with Gasteiger partial charge in [-0.3, -0.25) is 0 Å². The molecule has 0 saturated heterocycles. The molecule has 9 rings (SSSR count). The molecule has 1 aliphatic carbocycles. The second-order valence-corrected chi connectivity index (χ2v) is 13.2. The van der Waals surface area contributed by atoms with Gasteiger partial charge < -0.3 is 4.90 Å². The highest BCUT2D eigenvalue weighted by Gasteiger charge is 2.43. The molecule has 0 fully saturated rings. The molecule has 1 heteroatoms. The van der Waals surface area contributed by atoms with E-state index in [1.54, 1.807) is 0 Å². The molecule has 0 bridgehead atoms. The molecule has 8 aromatic carbocycles. The number of anilines is 3. The van der Waals surface area contributed by atoms with Crippen LogP contribution in [0.5, 0.6) is 0 Å². The summed E-state index contributed by atoms with van der Waals surface area (Å²) in [5, 5.41) is 0. The van der Waals surface area contributed by atoms with E-state index in [1.165, 1.54) is 27.8 Å². The van der Waals surface area contributed by atoms with E-state index in [0.717, 1.165) is 44.9 Å². The lowest BCUT2D eigenvalue weighted by molar-refractivity contribution is 0.837. The SMILES string of the molecule is C(#CC1(c2ccccc2)c2ccccc2-c2ccc(-c3cccc(N(c4ccccc4)c4ccccc4)c3)cc21)c1cccc(-c2ccccc2)c1. The van der Waals surface area contributed by atoms with Gasteiger partial charge in [-0.05, 0) is 105 Å². The van der Waals surface area contributed by atoms with Gasteiger partial charge in [0.2, 0.25) is 0 Å². The lowest BCUT2D eigenvalue weighted by Gasteiger charge is -2.28. The summed E-state index contributed by atoms with van der Waals surface area (Å²) < 4.78 is 0. The summed E-state index contributed by atoms with van der Waals surface area (Å²) in [6.07, 6.45) is 0. The molecule has 1 atom stereocenters. The predicted molar refractivity (Wildman–Crippen MR) is 217 cm³/mol. The zero-order valence-electron chi connectivity index (χ0n) is 28.7. The summed E-state index contributed by atoms with van der Waals surface area (Å²) >= 11 is 0. The van der Waals surface area contributed by atoms with Gasteiger partial charge in [0.1, 0.15) is 5.41 Å². The standard InChI is InChI=1S/C51H35N/c1-5-18-39(19-6-1)40-20-15-17-38(35-40)33-34-51(43-22-7-2-8-23-43)49-30-14-13-29-47(49)48-32-31-42(37-50(48)51)41-21-16-28-46(36-41)52(44-24-9-3-10-25-44)45-26-11-4-12-27-45/h1-32,35-37H. The quantitative estimate of drug-likeness (QED) is 0.160. The summed E-state index contributed by atoms with van der Waals surface area (Å²) in [6.45, 7) is 0. The molecule has 1 aliphatic rings. The Morgan fingerprint density at radius 1 is 0.346 bits per heavy atom. The molecule has 1 unspecified atom stereocenters. The van der Waals surface area contributed by atoms with Crippen LogP contribution in [-0.4, -0.2) is 0 Å². The van der Waals surface area contributed by atoms with Gasteiger partial charge in [0.05, 0.1) is 0 Å². The first-order valence-electron chi connectivity index (χ1n) is 17.8. The van der Waals surface area contributed by atoms with Crippen molar-refractivity contribution in [3.05, 3.63) is 235 Å². The van der Waals surface area contributed by atoms with E-state index in [9.17, 15) is 0 Å². The number of benzene rings is 8. The van der Waals surface area contributed by atoms with Crippen LogP contribution >= 0.6 is 0 Å². The summed E-state index contributed by atoms with van der Waals surface area (Å²) in [7, 11) is 0. The predicted octanol–water partition coefficient (Wildman–Crippen LogP) is 12.9. The maximum absolute atomic E-state index is 3.91. The number of para-hydroxylation sites is 2. The van der Waals surface area contributed by atoms with Gasteiger partial charge >= 0.3 is 0 Å². The monoisotopic (exact) mass is 661 g/mol. The van der Waals surface area contributed by atoms with Gasteiger partial charge in [-0.15, -0.1) is 0 Å². The molecule has 0 amide bonds. The van der Waals surface area contributed by atoms with Crippen molar-refractivity contribution in [2.75, 3.05) is 4.90 Å². The first-order chi connectivity index (χ1) is 25.8. The average molecular weight is 662 g/mol. The van der Waals surface area contributed by atoms with Gasteiger partial charge in [-0.1, -0.05) is 170 Å². The minimum atomic E-state index is -0.663. The van der Waals surface area contributed by atoms with Crippen LogP contribution in [0.15, 0.2) is 212 Å². The first-order valence-corrected chi connectivity index (χ1v) is 17.8. The minimum absolute atomic E-state index is 0.663. The minimum Gasteiger partial charge on any atom is -0.310 e. The number of nitrogens with zero attached hydrogens (tertiary/aromatic N) is 1. The lowest BCUT2D eigenvalue weighted by atomic mass is 9.72. The molecule has 52 heavy (non-hydrogen) atoms. The van der Waals surface area contributed by atoms with E-state index >= 15 is 0 Å². The summed E-state index contributed by atoms with van der Waals surface area (Å²) in [5.74, 6) is 7.59. The highest BCUT2D eigenvalue weighted by atomic mass is 15.1. The molecule has 0 spiro atoms. The second-order valence-electron chi connectivity index (χ2n) is 13.2. The maximum atomic E-state index is 3.91. The fourth-order valence-corrected chi connectivity index (χ4v) is 7.66. The Labute approximate surface area is 306 Å². The smallest absolute Gasteiger partial charge is 0.108 e. The average Bonchev–Trinajstić information content (AvgIpc) is 3.51. The third-order valence-corrected chi connectivity index (χ3v) is 10.1. The second kappa shape index (κ2) is 13.4. The molecular formula is C51H35N. The van der Waals surface area contributed by atoms with Crippen molar-refractivity contribution in [2.45, 2.75) is 5.41 Å². The molecular weight excluding hydrogens is 627 g/mol.